The summed E-state index contributed by atoms with van der Waals surface area (Å²) >= 11 is 0. The van der Waals surface area contributed by atoms with Gasteiger partial charge in [-0.25, -0.2) is 9.79 Å². The SMILES string of the molecule is CCCCCCCCCCCCOC(=O)c1ccc(OC)c(NC(=O)C(=Nc2ccc(N(C)C)cc2C)c2c(C)c(C)c(C)c([N+](=O)[O-])c2C)c1. The van der Waals surface area contributed by atoms with E-state index in [-0.39, 0.29) is 22.6 Å². The average molecular weight is 701 g/mol. The van der Waals surface area contributed by atoms with Crippen molar-refractivity contribution in [1.82, 2.24) is 0 Å². The molecule has 3 aromatic carbocycles. The predicted octanol–water partition coefficient (Wildman–Crippen LogP) is 10.0. The summed E-state index contributed by atoms with van der Waals surface area (Å²) in [7, 11) is 5.35. The third-order valence-corrected chi connectivity index (χ3v) is 9.56. The van der Waals surface area contributed by atoms with Gasteiger partial charge in [0, 0.05) is 36.5 Å². The van der Waals surface area contributed by atoms with Crippen LogP contribution in [0.2, 0.25) is 0 Å². The van der Waals surface area contributed by atoms with Crippen LogP contribution in [0.4, 0.5) is 22.7 Å². The minimum absolute atomic E-state index is 0.00731. The zero-order valence-electron chi connectivity index (χ0n) is 32.0. The number of unbranched alkanes of at least 4 members (excludes halogenated alkanes) is 9. The molecule has 0 aliphatic rings. The summed E-state index contributed by atoms with van der Waals surface area (Å²) in [6.07, 6.45) is 11.8. The number of ether oxygens (including phenoxy) is 2. The van der Waals surface area contributed by atoms with Crippen LogP contribution in [-0.2, 0) is 9.53 Å². The van der Waals surface area contributed by atoms with E-state index < -0.39 is 16.8 Å². The van der Waals surface area contributed by atoms with E-state index in [2.05, 4.69) is 12.2 Å². The van der Waals surface area contributed by atoms with E-state index in [9.17, 15) is 19.7 Å². The van der Waals surface area contributed by atoms with Gasteiger partial charge in [-0.1, -0.05) is 64.7 Å². The fourth-order valence-corrected chi connectivity index (χ4v) is 6.29. The first-order valence-corrected chi connectivity index (χ1v) is 18.1. The molecule has 3 aromatic rings. The molecule has 0 aliphatic heterocycles. The van der Waals surface area contributed by atoms with E-state index in [0.29, 0.717) is 45.9 Å². The number of nitro benzene ring substituents is 1. The molecule has 276 valence electrons. The van der Waals surface area contributed by atoms with Gasteiger partial charge in [0.1, 0.15) is 11.5 Å². The van der Waals surface area contributed by atoms with Crippen molar-refractivity contribution in [2.45, 2.75) is 106 Å². The molecule has 3 rings (SSSR count). The predicted molar refractivity (Wildman–Crippen MR) is 207 cm³/mol. The first-order valence-electron chi connectivity index (χ1n) is 18.1. The van der Waals surface area contributed by atoms with E-state index in [0.717, 1.165) is 30.5 Å². The maximum atomic E-state index is 14.3. The number of methoxy groups -OCH3 is 1. The fraction of sp³-hybridized carbons (Fsp3) is 0.488. The molecule has 0 radical (unpaired) electrons. The van der Waals surface area contributed by atoms with Gasteiger partial charge in [-0.2, -0.15) is 0 Å². The number of rotatable bonds is 19. The summed E-state index contributed by atoms with van der Waals surface area (Å²) in [6.45, 7) is 11.4. The highest BCUT2D eigenvalue weighted by atomic mass is 16.6. The number of nitrogens with one attached hydrogen (secondary N) is 1. The molecule has 0 bridgehead atoms. The summed E-state index contributed by atoms with van der Waals surface area (Å²) in [4.78, 5) is 46.0. The number of carbonyl (C=O) groups excluding carboxylic acids is 2. The van der Waals surface area contributed by atoms with Crippen LogP contribution in [0.5, 0.6) is 5.75 Å². The highest BCUT2D eigenvalue weighted by Gasteiger charge is 2.29. The molecule has 0 saturated heterocycles. The first kappa shape index (κ1) is 40.7. The van der Waals surface area contributed by atoms with Crippen LogP contribution in [0.15, 0.2) is 41.4 Å². The van der Waals surface area contributed by atoms with Crippen molar-refractivity contribution in [3.8, 4) is 5.75 Å². The van der Waals surface area contributed by atoms with Gasteiger partial charge in [0.2, 0.25) is 0 Å². The lowest BCUT2D eigenvalue weighted by atomic mass is 9.89. The lowest BCUT2D eigenvalue weighted by molar-refractivity contribution is -0.386. The normalized spacial score (nSPS) is 11.4. The van der Waals surface area contributed by atoms with Crippen LogP contribution < -0.4 is 15.0 Å². The lowest BCUT2D eigenvalue weighted by Crippen LogP contribution is -2.27. The van der Waals surface area contributed by atoms with Gasteiger partial charge in [-0.3, -0.25) is 14.9 Å². The molecule has 0 atom stereocenters. The molecule has 1 N–H and O–H groups in total. The van der Waals surface area contributed by atoms with Crippen LogP contribution in [-0.4, -0.2) is 50.3 Å². The number of nitro groups is 1. The second kappa shape index (κ2) is 19.6. The van der Waals surface area contributed by atoms with Crippen LogP contribution in [0, 0.1) is 44.7 Å². The Balaban J connectivity index is 1.89. The number of hydrogen-bond donors (Lipinski definition) is 1. The Morgan fingerprint density at radius 3 is 2.02 bits per heavy atom. The van der Waals surface area contributed by atoms with E-state index in [1.165, 1.54) is 58.1 Å². The largest absolute Gasteiger partial charge is 0.495 e. The standard InChI is InChI=1S/C41H56N4O6/c1-10-11-12-13-14-15-16-17-18-19-24-51-41(47)32-20-23-36(50-9)35(26-32)43-40(46)38(42-34-22-21-33(44(7)8)25-27(34)2)37-29(4)28(3)30(5)39(31(37)6)45(48)49/h20-23,25-26H,10-19,24H2,1-9H3,(H,43,46). The second-order valence-electron chi connectivity index (χ2n) is 13.5. The zero-order valence-corrected chi connectivity index (χ0v) is 32.0. The van der Waals surface area contributed by atoms with Gasteiger partial charge in [0.25, 0.3) is 11.6 Å². The van der Waals surface area contributed by atoms with E-state index in [1.807, 2.05) is 51.0 Å². The number of carbonyl (C=O) groups is 2. The van der Waals surface area contributed by atoms with E-state index in [4.69, 9.17) is 14.5 Å². The summed E-state index contributed by atoms with van der Waals surface area (Å²) in [5.74, 6) is -0.768. The summed E-state index contributed by atoms with van der Waals surface area (Å²) in [5, 5.41) is 15.1. The topological polar surface area (TPSA) is 123 Å². The van der Waals surface area contributed by atoms with Crippen LogP contribution in [0.3, 0.4) is 0 Å². The van der Waals surface area contributed by atoms with Gasteiger partial charge in [-0.15, -0.1) is 0 Å². The van der Waals surface area contributed by atoms with Crippen molar-refractivity contribution in [1.29, 1.82) is 0 Å². The molecule has 0 heterocycles. The van der Waals surface area contributed by atoms with Gasteiger partial charge >= 0.3 is 5.97 Å². The number of hydrogen-bond acceptors (Lipinski definition) is 8. The number of anilines is 2. The summed E-state index contributed by atoms with van der Waals surface area (Å²) < 4.78 is 11.1. The van der Waals surface area contributed by atoms with Gasteiger partial charge in [-0.05, 0) is 94.1 Å². The maximum absolute atomic E-state index is 14.3. The molecule has 0 spiro atoms. The monoisotopic (exact) mass is 700 g/mol. The Labute approximate surface area is 303 Å². The van der Waals surface area contributed by atoms with Crippen molar-refractivity contribution >= 4 is 40.3 Å². The minimum atomic E-state index is -0.607. The quantitative estimate of drug-likeness (QED) is 0.0434. The van der Waals surface area contributed by atoms with Crippen LogP contribution in [0.25, 0.3) is 0 Å². The molecular formula is C41H56N4O6. The average Bonchev–Trinajstić information content (AvgIpc) is 3.09. The Morgan fingerprint density at radius 2 is 1.45 bits per heavy atom. The van der Waals surface area contributed by atoms with Crippen molar-refractivity contribution < 1.29 is 24.0 Å². The van der Waals surface area contributed by atoms with Crippen LogP contribution in [0.1, 0.15) is 115 Å². The fourth-order valence-electron chi connectivity index (χ4n) is 6.29. The molecule has 51 heavy (non-hydrogen) atoms. The molecule has 10 nitrogen and oxygen atoms in total. The van der Waals surface area contributed by atoms with Crippen molar-refractivity contribution in [3.63, 3.8) is 0 Å². The second-order valence-corrected chi connectivity index (χ2v) is 13.5. The molecule has 0 aromatic heterocycles. The van der Waals surface area contributed by atoms with E-state index >= 15 is 0 Å². The first-order chi connectivity index (χ1) is 24.3. The summed E-state index contributed by atoms with van der Waals surface area (Å²) in [5.41, 5.74) is 5.47. The van der Waals surface area contributed by atoms with E-state index in [1.54, 1.807) is 32.9 Å². The Hall–Kier alpha value is -4.73. The molecule has 0 unspecified atom stereocenters. The Kier molecular flexibility index (Phi) is 15.6. The molecule has 0 aliphatic carbocycles. The molecule has 10 heteroatoms. The van der Waals surface area contributed by atoms with Crippen molar-refractivity contribution in [2.75, 3.05) is 38.0 Å². The highest BCUT2D eigenvalue weighted by Crippen LogP contribution is 2.35. The third-order valence-electron chi connectivity index (χ3n) is 9.56. The zero-order chi connectivity index (χ0) is 37.7. The molecule has 0 saturated carbocycles. The number of nitrogens with zero attached hydrogens (tertiary/aromatic N) is 3. The number of aryl methyl sites for hydroxylation is 1. The third kappa shape index (κ3) is 10.9. The number of esters is 1. The van der Waals surface area contributed by atoms with Gasteiger partial charge in [0.05, 0.1) is 35.6 Å². The lowest BCUT2D eigenvalue weighted by Gasteiger charge is -2.19. The molecule has 0 fully saturated rings. The number of aliphatic imine (C=N–C) groups is 1. The molecular weight excluding hydrogens is 644 g/mol. The smallest absolute Gasteiger partial charge is 0.338 e. The number of benzene rings is 3. The van der Waals surface area contributed by atoms with Crippen molar-refractivity contribution in [3.05, 3.63) is 85.5 Å². The number of amides is 1. The maximum Gasteiger partial charge on any atom is 0.338 e. The Bertz CT molecular complexity index is 1730. The summed E-state index contributed by atoms with van der Waals surface area (Å²) in [6, 6.07) is 10.4. The Morgan fingerprint density at radius 1 is 0.824 bits per heavy atom. The van der Waals surface area contributed by atoms with Crippen molar-refractivity contribution in [2.24, 2.45) is 4.99 Å². The van der Waals surface area contributed by atoms with Gasteiger partial charge < -0.3 is 19.7 Å². The van der Waals surface area contributed by atoms with Gasteiger partial charge in [0.15, 0.2) is 0 Å². The minimum Gasteiger partial charge on any atom is -0.495 e. The highest BCUT2D eigenvalue weighted by molar-refractivity contribution is 6.50. The van der Waals surface area contributed by atoms with Crippen LogP contribution >= 0.6 is 0 Å². The molecule has 1 amide bonds.